The van der Waals surface area contributed by atoms with Gasteiger partial charge in [0.25, 0.3) is 0 Å². The van der Waals surface area contributed by atoms with Gasteiger partial charge in [0.15, 0.2) is 0 Å². The third-order valence-corrected chi connectivity index (χ3v) is 4.38. The topological polar surface area (TPSA) is 106 Å². The fraction of sp³-hybridized carbons (Fsp3) is 0.231. The van der Waals surface area contributed by atoms with Crippen LogP contribution in [0.4, 0.5) is 0 Å². The maximum absolute atomic E-state index is 9.10. The molecule has 0 aliphatic heterocycles. The SMILES string of the molecule is CN(CCOCCOc1cccc(Oc2ccccc2)c1)Cc1ccccc1.O=C(O)C(=O)O. The fourth-order valence-corrected chi connectivity index (χ4v) is 2.77. The average molecular weight is 468 g/mol. The zero-order valence-electron chi connectivity index (χ0n) is 19.0. The molecule has 0 radical (unpaired) electrons. The van der Waals surface area contributed by atoms with E-state index in [-0.39, 0.29) is 0 Å². The monoisotopic (exact) mass is 467 g/mol. The van der Waals surface area contributed by atoms with E-state index < -0.39 is 11.9 Å². The van der Waals surface area contributed by atoms with E-state index in [1.807, 2.05) is 60.7 Å². The van der Waals surface area contributed by atoms with Gasteiger partial charge in [0.05, 0.1) is 13.2 Å². The van der Waals surface area contributed by atoms with E-state index in [0.29, 0.717) is 19.8 Å². The van der Waals surface area contributed by atoms with Crippen molar-refractivity contribution in [1.29, 1.82) is 0 Å². The van der Waals surface area contributed by atoms with Gasteiger partial charge in [-0.1, -0.05) is 54.6 Å². The molecule has 0 aliphatic carbocycles. The maximum atomic E-state index is 9.10. The van der Waals surface area contributed by atoms with Crippen LogP contribution in [-0.2, 0) is 20.9 Å². The summed E-state index contributed by atoms with van der Waals surface area (Å²) < 4.78 is 17.3. The van der Waals surface area contributed by atoms with Crippen molar-refractivity contribution in [3.8, 4) is 17.2 Å². The third-order valence-electron chi connectivity index (χ3n) is 4.38. The second-order valence-corrected chi connectivity index (χ2v) is 7.18. The van der Waals surface area contributed by atoms with Gasteiger partial charge in [0.1, 0.15) is 23.9 Å². The lowest BCUT2D eigenvalue weighted by atomic mass is 10.2. The number of hydrogen-bond acceptors (Lipinski definition) is 6. The minimum atomic E-state index is -1.82. The molecule has 0 aliphatic rings. The molecule has 0 atom stereocenters. The summed E-state index contributed by atoms with van der Waals surface area (Å²) in [6, 6.07) is 27.8. The Morgan fingerprint density at radius 2 is 1.32 bits per heavy atom. The largest absolute Gasteiger partial charge is 0.491 e. The number of ether oxygens (including phenoxy) is 3. The number of carboxylic acids is 2. The first-order valence-electron chi connectivity index (χ1n) is 10.7. The summed E-state index contributed by atoms with van der Waals surface area (Å²) in [5, 5.41) is 14.8. The number of carbonyl (C=O) groups is 2. The Hall–Kier alpha value is -3.88. The van der Waals surface area contributed by atoms with Crippen LogP contribution < -0.4 is 9.47 Å². The summed E-state index contributed by atoms with van der Waals surface area (Å²) in [6.45, 7) is 3.56. The van der Waals surface area contributed by atoms with Gasteiger partial charge < -0.3 is 24.4 Å². The first-order chi connectivity index (χ1) is 16.4. The van der Waals surface area contributed by atoms with Crippen LogP contribution in [0.5, 0.6) is 17.2 Å². The van der Waals surface area contributed by atoms with E-state index in [4.69, 9.17) is 34.0 Å². The lowest BCUT2D eigenvalue weighted by molar-refractivity contribution is -0.159. The number of aliphatic carboxylic acids is 2. The molecule has 0 bridgehead atoms. The lowest BCUT2D eigenvalue weighted by Crippen LogP contribution is -2.23. The Balaban J connectivity index is 0.000000604. The molecule has 180 valence electrons. The molecule has 0 fully saturated rings. The smallest absolute Gasteiger partial charge is 0.414 e. The molecule has 0 saturated heterocycles. The second kappa shape index (κ2) is 15.0. The van der Waals surface area contributed by atoms with Crippen LogP contribution in [0.3, 0.4) is 0 Å². The van der Waals surface area contributed by atoms with Crippen molar-refractivity contribution in [2.45, 2.75) is 6.54 Å². The summed E-state index contributed by atoms with van der Waals surface area (Å²) in [5.74, 6) is -1.31. The molecule has 0 aromatic heterocycles. The predicted octanol–water partition coefficient (Wildman–Crippen LogP) is 4.16. The van der Waals surface area contributed by atoms with Gasteiger partial charge in [-0.2, -0.15) is 0 Å². The fourth-order valence-electron chi connectivity index (χ4n) is 2.77. The lowest BCUT2D eigenvalue weighted by Gasteiger charge is -2.16. The minimum absolute atomic E-state index is 0.511. The Morgan fingerprint density at radius 1 is 0.735 bits per heavy atom. The highest BCUT2D eigenvalue weighted by atomic mass is 16.5. The number of rotatable bonds is 11. The summed E-state index contributed by atoms with van der Waals surface area (Å²) in [6.07, 6.45) is 0. The molecule has 0 unspecified atom stereocenters. The van der Waals surface area contributed by atoms with Gasteiger partial charge >= 0.3 is 11.9 Å². The van der Waals surface area contributed by atoms with Crippen molar-refractivity contribution in [1.82, 2.24) is 4.90 Å². The molecule has 3 aromatic carbocycles. The number of benzene rings is 3. The molecule has 0 amide bonds. The van der Waals surface area contributed by atoms with Gasteiger partial charge in [0, 0.05) is 19.2 Å². The van der Waals surface area contributed by atoms with Crippen molar-refractivity contribution in [3.63, 3.8) is 0 Å². The molecular weight excluding hydrogens is 438 g/mol. The van der Waals surface area contributed by atoms with E-state index in [0.717, 1.165) is 30.3 Å². The quantitative estimate of drug-likeness (QED) is 0.320. The van der Waals surface area contributed by atoms with Gasteiger partial charge in [-0.25, -0.2) is 9.59 Å². The Kier molecular flexibility index (Phi) is 11.7. The summed E-state index contributed by atoms with van der Waals surface area (Å²) >= 11 is 0. The normalized spacial score (nSPS) is 10.2. The van der Waals surface area contributed by atoms with Crippen molar-refractivity contribution < 1.29 is 34.0 Å². The Labute approximate surface area is 198 Å². The molecule has 0 saturated carbocycles. The first kappa shape index (κ1) is 26.4. The van der Waals surface area contributed by atoms with Crippen molar-refractivity contribution in [2.24, 2.45) is 0 Å². The molecule has 8 nitrogen and oxygen atoms in total. The highest BCUT2D eigenvalue weighted by Crippen LogP contribution is 2.24. The number of para-hydroxylation sites is 1. The number of nitrogens with zero attached hydrogens (tertiary/aromatic N) is 1. The van der Waals surface area contributed by atoms with Crippen molar-refractivity contribution in [3.05, 3.63) is 90.5 Å². The predicted molar refractivity (Wildman–Crippen MR) is 127 cm³/mol. The van der Waals surface area contributed by atoms with Crippen LogP contribution in [0, 0.1) is 0 Å². The standard InChI is InChI=1S/C24H27NO3.C2H2O4/c1-25(20-21-9-4-2-5-10-21)15-16-26-17-18-27-23-13-8-14-24(19-23)28-22-11-6-3-7-12-22;3-1(4)2(5)6/h2-14,19H,15-18,20H2,1H3;(H,3,4)(H,5,6). The van der Waals surface area contributed by atoms with E-state index >= 15 is 0 Å². The zero-order valence-corrected chi connectivity index (χ0v) is 19.0. The zero-order chi connectivity index (χ0) is 24.6. The molecule has 3 aromatic rings. The van der Waals surface area contributed by atoms with E-state index in [1.54, 1.807) is 0 Å². The summed E-state index contributed by atoms with van der Waals surface area (Å²) in [4.78, 5) is 20.4. The summed E-state index contributed by atoms with van der Waals surface area (Å²) in [7, 11) is 2.10. The van der Waals surface area contributed by atoms with Crippen molar-refractivity contribution >= 4 is 11.9 Å². The van der Waals surface area contributed by atoms with Crippen LogP contribution >= 0.6 is 0 Å². The van der Waals surface area contributed by atoms with Gasteiger partial charge in [0.2, 0.25) is 0 Å². The van der Waals surface area contributed by atoms with Crippen LogP contribution in [0.1, 0.15) is 5.56 Å². The first-order valence-corrected chi connectivity index (χ1v) is 10.7. The molecule has 34 heavy (non-hydrogen) atoms. The van der Waals surface area contributed by atoms with Gasteiger partial charge in [-0.3, -0.25) is 4.90 Å². The van der Waals surface area contributed by atoms with E-state index in [1.165, 1.54) is 5.56 Å². The van der Waals surface area contributed by atoms with E-state index in [2.05, 4.69) is 36.2 Å². The van der Waals surface area contributed by atoms with Crippen LogP contribution in [0.25, 0.3) is 0 Å². The van der Waals surface area contributed by atoms with Gasteiger partial charge in [-0.05, 0) is 36.9 Å². The molecule has 0 spiro atoms. The van der Waals surface area contributed by atoms with Crippen LogP contribution in [0.2, 0.25) is 0 Å². The minimum Gasteiger partial charge on any atom is -0.491 e. The third kappa shape index (κ3) is 11.1. The molecular formula is C26H29NO7. The molecule has 2 N–H and O–H groups in total. The molecule has 3 rings (SSSR count). The number of carboxylic acid groups (broad SMARTS) is 2. The second-order valence-electron chi connectivity index (χ2n) is 7.18. The molecule has 0 heterocycles. The highest BCUT2D eigenvalue weighted by Gasteiger charge is 2.04. The maximum Gasteiger partial charge on any atom is 0.414 e. The highest BCUT2D eigenvalue weighted by molar-refractivity contribution is 6.27. The number of hydrogen-bond donors (Lipinski definition) is 2. The van der Waals surface area contributed by atoms with E-state index in [9.17, 15) is 0 Å². The van der Waals surface area contributed by atoms with Crippen molar-refractivity contribution in [2.75, 3.05) is 33.4 Å². The Bertz CT molecular complexity index is 984. The number of likely N-dealkylation sites (N-methyl/N-ethyl adjacent to an activating group) is 1. The van der Waals surface area contributed by atoms with Crippen LogP contribution in [0.15, 0.2) is 84.9 Å². The van der Waals surface area contributed by atoms with Gasteiger partial charge in [-0.15, -0.1) is 0 Å². The Morgan fingerprint density at radius 3 is 1.97 bits per heavy atom. The molecule has 8 heteroatoms. The summed E-state index contributed by atoms with van der Waals surface area (Å²) in [5.41, 5.74) is 1.31. The average Bonchev–Trinajstić information content (AvgIpc) is 2.83. The van der Waals surface area contributed by atoms with Crippen LogP contribution in [-0.4, -0.2) is 60.5 Å².